The van der Waals surface area contributed by atoms with E-state index >= 15 is 0 Å². The van der Waals surface area contributed by atoms with E-state index < -0.39 is 0 Å². The lowest BCUT2D eigenvalue weighted by Gasteiger charge is -2.37. The largest absolute Gasteiger partial charge is 0.340 e. The molecule has 3 nitrogen and oxygen atoms in total. The Morgan fingerprint density at radius 3 is 2.60 bits per heavy atom. The van der Waals surface area contributed by atoms with Gasteiger partial charge >= 0.3 is 0 Å². The van der Waals surface area contributed by atoms with Crippen LogP contribution < -0.4 is 5.73 Å². The smallest absolute Gasteiger partial charge is 0.224 e. The normalized spacial score (nSPS) is 23.9. The maximum absolute atomic E-state index is 12.4. The molecule has 1 amide bonds. The van der Waals surface area contributed by atoms with E-state index in [0.29, 0.717) is 18.4 Å². The number of benzene rings is 1. The number of piperidine rings is 1. The van der Waals surface area contributed by atoms with Gasteiger partial charge in [-0.3, -0.25) is 4.79 Å². The van der Waals surface area contributed by atoms with Crippen molar-refractivity contribution in [1.29, 1.82) is 0 Å². The molecule has 3 unspecified atom stereocenters. The number of carbonyl (C=O) groups excluding carboxylic acids is 1. The summed E-state index contributed by atoms with van der Waals surface area (Å²) in [7, 11) is 0. The summed E-state index contributed by atoms with van der Waals surface area (Å²) in [5.41, 5.74) is 7.17. The minimum absolute atomic E-state index is 0. The van der Waals surface area contributed by atoms with Gasteiger partial charge in [0, 0.05) is 25.0 Å². The summed E-state index contributed by atoms with van der Waals surface area (Å²) >= 11 is 0. The van der Waals surface area contributed by atoms with E-state index in [-0.39, 0.29) is 24.4 Å². The van der Waals surface area contributed by atoms with Crippen molar-refractivity contribution in [3.63, 3.8) is 0 Å². The first-order valence-corrected chi connectivity index (χ1v) is 7.18. The maximum Gasteiger partial charge on any atom is 0.224 e. The summed E-state index contributed by atoms with van der Waals surface area (Å²) in [4.78, 5) is 14.4. The molecule has 0 saturated carbocycles. The minimum atomic E-state index is -0.196. The molecule has 1 aliphatic rings. The predicted molar refractivity (Wildman–Crippen MR) is 84.8 cm³/mol. The molecule has 0 radical (unpaired) electrons. The van der Waals surface area contributed by atoms with Crippen molar-refractivity contribution in [3.05, 3.63) is 35.9 Å². The van der Waals surface area contributed by atoms with Crippen LogP contribution in [0.5, 0.6) is 0 Å². The fraction of sp³-hybridized carbons (Fsp3) is 0.562. The van der Waals surface area contributed by atoms with Gasteiger partial charge in [0.15, 0.2) is 0 Å². The summed E-state index contributed by atoms with van der Waals surface area (Å²) < 4.78 is 0. The van der Waals surface area contributed by atoms with Crippen LogP contribution in [0.25, 0.3) is 0 Å². The van der Waals surface area contributed by atoms with Crippen molar-refractivity contribution in [1.82, 2.24) is 4.90 Å². The van der Waals surface area contributed by atoms with Crippen molar-refractivity contribution < 1.29 is 4.79 Å². The molecule has 2 rings (SSSR count). The van der Waals surface area contributed by atoms with Crippen LogP contribution in [-0.2, 0) is 4.79 Å². The number of hydrogen-bond acceptors (Lipinski definition) is 2. The summed E-state index contributed by atoms with van der Waals surface area (Å²) in [6, 6.07) is 10.0. The molecule has 20 heavy (non-hydrogen) atoms. The highest BCUT2D eigenvalue weighted by Gasteiger charge is 2.27. The molecule has 4 heteroatoms. The zero-order chi connectivity index (χ0) is 13.8. The van der Waals surface area contributed by atoms with Crippen LogP contribution in [0.4, 0.5) is 0 Å². The molecular formula is C16H25ClN2O. The van der Waals surface area contributed by atoms with Gasteiger partial charge in [-0.2, -0.15) is 0 Å². The molecule has 1 aromatic rings. The first kappa shape index (κ1) is 17.0. The van der Waals surface area contributed by atoms with E-state index in [2.05, 4.69) is 13.8 Å². The number of likely N-dealkylation sites (tertiary alicyclic amines) is 1. The third-order valence-corrected chi connectivity index (χ3v) is 4.06. The lowest BCUT2D eigenvalue weighted by molar-refractivity contribution is -0.135. The van der Waals surface area contributed by atoms with Crippen molar-refractivity contribution >= 4 is 18.3 Å². The molecule has 0 bridgehead atoms. The minimum Gasteiger partial charge on any atom is -0.340 e. The first-order valence-electron chi connectivity index (χ1n) is 7.18. The molecule has 0 aliphatic carbocycles. The standard InChI is InChI=1S/C16H24N2O.ClH/c1-12-8-9-13(2)18(11-12)16(19)10-15(17)14-6-4-3-5-7-14;/h3-7,12-13,15H,8-11,17H2,1-2H3;1H. The number of nitrogens with zero attached hydrogens (tertiary/aromatic N) is 1. The van der Waals surface area contributed by atoms with Crippen LogP contribution in [0.15, 0.2) is 30.3 Å². The Balaban J connectivity index is 0.00000200. The van der Waals surface area contributed by atoms with Gasteiger partial charge in [0.2, 0.25) is 5.91 Å². The molecule has 1 aromatic carbocycles. The van der Waals surface area contributed by atoms with Gasteiger partial charge in [-0.05, 0) is 31.2 Å². The molecule has 1 heterocycles. The number of carbonyl (C=O) groups is 1. The van der Waals surface area contributed by atoms with E-state index in [9.17, 15) is 4.79 Å². The maximum atomic E-state index is 12.4. The highest BCUT2D eigenvalue weighted by molar-refractivity contribution is 5.85. The highest BCUT2D eigenvalue weighted by atomic mass is 35.5. The van der Waals surface area contributed by atoms with E-state index in [0.717, 1.165) is 18.5 Å². The monoisotopic (exact) mass is 296 g/mol. The van der Waals surface area contributed by atoms with Crippen molar-refractivity contribution in [2.45, 2.75) is 45.2 Å². The molecule has 1 aliphatic heterocycles. The molecule has 3 atom stereocenters. The SMILES string of the molecule is CC1CCC(C)N(C(=O)CC(N)c2ccccc2)C1.Cl. The second kappa shape index (κ2) is 7.65. The van der Waals surface area contributed by atoms with Gasteiger partial charge in [0.25, 0.3) is 0 Å². The second-order valence-electron chi connectivity index (χ2n) is 5.80. The van der Waals surface area contributed by atoms with Crippen LogP contribution in [0.1, 0.15) is 44.7 Å². The fourth-order valence-electron chi connectivity index (χ4n) is 2.76. The van der Waals surface area contributed by atoms with Crippen molar-refractivity contribution in [3.8, 4) is 0 Å². The third kappa shape index (κ3) is 4.22. The Morgan fingerprint density at radius 1 is 1.30 bits per heavy atom. The Hall–Kier alpha value is -1.06. The fourth-order valence-corrected chi connectivity index (χ4v) is 2.76. The lowest BCUT2D eigenvalue weighted by atomic mass is 9.94. The van der Waals surface area contributed by atoms with Gasteiger partial charge in [-0.15, -0.1) is 12.4 Å². The van der Waals surface area contributed by atoms with Crippen LogP contribution in [0, 0.1) is 5.92 Å². The molecule has 0 spiro atoms. The summed E-state index contributed by atoms with van der Waals surface area (Å²) in [5, 5.41) is 0. The van der Waals surface area contributed by atoms with E-state index in [1.807, 2.05) is 35.2 Å². The molecule has 2 N–H and O–H groups in total. The Kier molecular flexibility index (Phi) is 6.50. The zero-order valence-corrected chi connectivity index (χ0v) is 13.1. The quantitative estimate of drug-likeness (QED) is 0.931. The topological polar surface area (TPSA) is 46.3 Å². The molecule has 0 aromatic heterocycles. The number of nitrogens with two attached hydrogens (primary N) is 1. The summed E-state index contributed by atoms with van der Waals surface area (Å²) in [6.07, 6.45) is 2.73. The van der Waals surface area contributed by atoms with Crippen LogP contribution >= 0.6 is 12.4 Å². The summed E-state index contributed by atoms with van der Waals surface area (Å²) in [6.45, 7) is 5.22. The number of halogens is 1. The molecular weight excluding hydrogens is 272 g/mol. The van der Waals surface area contributed by atoms with E-state index in [4.69, 9.17) is 5.73 Å². The van der Waals surface area contributed by atoms with Gasteiger partial charge in [0.1, 0.15) is 0 Å². The third-order valence-electron chi connectivity index (χ3n) is 4.06. The van der Waals surface area contributed by atoms with Gasteiger partial charge in [-0.25, -0.2) is 0 Å². The number of rotatable bonds is 3. The Labute approximate surface area is 127 Å². The average molecular weight is 297 g/mol. The first-order chi connectivity index (χ1) is 9.08. The second-order valence-corrected chi connectivity index (χ2v) is 5.80. The Morgan fingerprint density at radius 2 is 1.95 bits per heavy atom. The lowest BCUT2D eigenvalue weighted by Crippen LogP contribution is -2.45. The zero-order valence-electron chi connectivity index (χ0n) is 12.3. The van der Waals surface area contributed by atoms with Crippen molar-refractivity contribution in [2.75, 3.05) is 6.54 Å². The summed E-state index contributed by atoms with van der Waals surface area (Å²) in [5.74, 6) is 0.795. The molecule has 1 fully saturated rings. The highest BCUT2D eigenvalue weighted by Crippen LogP contribution is 2.24. The number of hydrogen-bond donors (Lipinski definition) is 1. The van der Waals surface area contributed by atoms with Crippen LogP contribution in [0.2, 0.25) is 0 Å². The van der Waals surface area contributed by atoms with E-state index in [1.54, 1.807) is 0 Å². The van der Waals surface area contributed by atoms with Gasteiger partial charge < -0.3 is 10.6 Å². The Bertz CT molecular complexity index is 424. The van der Waals surface area contributed by atoms with Crippen LogP contribution in [-0.4, -0.2) is 23.4 Å². The van der Waals surface area contributed by atoms with Crippen LogP contribution in [0.3, 0.4) is 0 Å². The average Bonchev–Trinajstić information content (AvgIpc) is 2.42. The van der Waals surface area contributed by atoms with E-state index in [1.165, 1.54) is 6.42 Å². The van der Waals surface area contributed by atoms with Gasteiger partial charge in [-0.1, -0.05) is 37.3 Å². The predicted octanol–water partition coefficient (Wildman–Crippen LogP) is 3.15. The molecule has 112 valence electrons. The molecule has 1 saturated heterocycles. The van der Waals surface area contributed by atoms with Gasteiger partial charge in [0.05, 0.1) is 0 Å². The van der Waals surface area contributed by atoms with Crippen molar-refractivity contribution in [2.24, 2.45) is 11.7 Å². The number of amides is 1.